The molecule has 6 nitrogen and oxygen atoms in total. The summed E-state index contributed by atoms with van der Waals surface area (Å²) in [5.41, 5.74) is 0.225. The van der Waals surface area contributed by atoms with E-state index in [4.69, 9.17) is 11.6 Å². The number of hydrogen-bond donors (Lipinski definition) is 1. The van der Waals surface area contributed by atoms with E-state index in [1.807, 2.05) is 6.07 Å². The summed E-state index contributed by atoms with van der Waals surface area (Å²) in [7, 11) is -1.24. The van der Waals surface area contributed by atoms with Crippen molar-refractivity contribution >= 4 is 40.4 Å². The molecule has 1 saturated heterocycles. The number of carbonyl (C=O) groups is 2. The second kappa shape index (κ2) is 10.4. The lowest BCUT2D eigenvalue weighted by Crippen LogP contribution is -2.44. The topological polar surface area (TPSA) is 76.0 Å². The van der Waals surface area contributed by atoms with Crippen molar-refractivity contribution in [2.24, 2.45) is 4.36 Å². The Bertz CT molecular complexity index is 1300. The Labute approximate surface area is 213 Å². The van der Waals surface area contributed by atoms with Crippen LogP contribution in [0.2, 0.25) is 5.02 Å². The van der Waals surface area contributed by atoms with Gasteiger partial charge in [0.2, 0.25) is 5.91 Å². The van der Waals surface area contributed by atoms with Gasteiger partial charge in [-0.25, -0.2) is 4.21 Å². The molecule has 0 bridgehead atoms. The number of halogens is 4. The number of benzene rings is 2. The van der Waals surface area contributed by atoms with E-state index in [-0.39, 0.29) is 11.5 Å². The average Bonchev–Trinajstić information content (AvgIpc) is 3.17. The summed E-state index contributed by atoms with van der Waals surface area (Å²) in [5.74, 6) is -1.55. The minimum atomic E-state index is -4.52. The Kier molecular flexibility index (Phi) is 7.59. The van der Waals surface area contributed by atoms with Gasteiger partial charge in [-0.15, -0.1) is 4.36 Å². The summed E-state index contributed by atoms with van der Waals surface area (Å²) < 4.78 is 59.7. The molecule has 192 valence electrons. The fourth-order valence-corrected chi connectivity index (χ4v) is 5.95. The monoisotopic (exact) mass is 540 g/mol. The summed E-state index contributed by atoms with van der Waals surface area (Å²) >= 11 is 6.56. The summed E-state index contributed by atoms with van der Waals surface area (Å²) in [6.07, 6.45) is -0.730. The highest BCUT2D eigenvalue weighted by molar-refractivity contribution is 7.70. The van der Waals surface area contributed by atoms with Crippen LogP contribution in [0.3, 0.4) is 0 Å². The third kappa shape index (κ3) is 5.21. The lowest BCUT2D eigenvalue weighted by Gasteiger charge is -2.40. The molecule has 1 heterocycles. The predicted molar refractivity (Wildman–Crippen MR) is 131 cm³/mol. The van der Waals surface area contributed by atoms with Crippen molar-refractivity contribution in [1.82, 2.24) is 4.90 Å². The lowest BCUT2D eigenvalue weighted by molar-refractivity contribution is -0.137. The van der Waals surface area contributed by atoms with Crippen molar-refractivity contribution < 1.29 is 31.2 Å². The van der Waals surface area contributed by atoms with E-state index in [1.54, 1.807) is 17.0 Å². The number of hydrogen-bond acceptors (Lipinski definition) is 4. The van der Waals surface area contributed by atoms with Gasteiger partial charge in [0.05, 0.1) is 18.6 Å². The molecule has 0 radical (unpaired) electrons. The predicted octanol–water partition coefficient (Wildman–Crippen LogP) is 5.17. The van der Waals surface area contributed by atoms with Crippen molar-refractivity contribution in [3.05, 3.63) is 75.8 Å². The molecule has 2 aromatic rings. The van der Waals surface area contributed by atoms with Crippen molar-refractivity contribution in [2.45, 2.75) is 36.8 Å². The van der Waals surface area contributed by atoms with Gasteiger partial charge in [-0.3, -0.25) is 13.8 Å². The highest BCUT2D eigenvalue weighted by Gasteiger charge is 2.49. The minimum absolute atomic E-state index is 0.0807. The number of alkyl halides is 3. The second-order valence-electron chi connectivity index (χ2n) is 8.84. The van der Waals surface area contributed by atoms with Gasteiger partial charge in [-0.2, -0.15) is 13.2 Å². The van der Waals surface area contributed by atoms with E-state index < -0.39 is 39.9 Å². The van der Waals surface area contributed by atoms with Crippen LogP contribution in [-0.4, -0.2) is 41.1 Å². The summed E-state index contributed by atoms with van der Waals surface area (Å²) in [4.78, 5) is 27.1. The number of piperidine rings is 1. The molecule has 1 fully saturated rings. The molecule has 2 aliphatic rings. The first-order valence-corrected chi connectivity index (χ1v) is 12.8. The number of nitrogens with zero attached hydrogens (tertiary/aromatic N) is 2. The number of rotatable bonds is 4. The van der Waals surface area contributed by atoms with Crippen molar-refractivity contribution in [2.75, 3.05) is 20.2 Å². The molecule has 36 heavy (non-hydrogen) atoms. The fraction of sp³-hybridized carbons (Fsp3) is 0.360. The molecule has 11 heteroatoms. The van der Waals surface area contributed by atoms with Gasteiger partial charge in [0.15, 0.2) is 10.9 Å². The van der Waals surface area contributed by atoms with Crippen molar-refractivity contribution in [3.8, 4) is 0 Å². The van der Waals surface area contributed by atoms with Crippen LogP contribution >= 0.6 is 11.6 Å². The summed E-state index contributed by atoms with van der Waals surface area (Å²) in [5, 5.41) is 0.516. The first-order valence-electron chi connectivity index (χ1n) is 11.2. The van der Waals surface area contributed by atoms with Crippen molar-refractivity contribution in [1.29, 1.82) is 0 Å². The van der Waals surface area contributed by atoms with Crippen LogP contribution in [0.15, 0.2) is 52.9 Å². The SMILES string of the molecule is CO[SH](=O)=NC(=O)C1CC2(CCN(C(=O)/C=C/c3ccccc3C(F)(F)F)CC2)c2c(Cl)cccc21. The van der Waals surface area contributed by atoms with Gasteiger partial charge in [0.25, 0.3) is 5.91 Å². The van der Waals surface area contributed by atoms with Crippen molar-refractivity contribution in [3.63, 3.8) is 0 Å². The second-order valence-corrected chi connectivity index (χ2v) is 10.3. The molecule has 2 aromatic carbocycles. The number of fused-ring (bicyclic) bond motifs is 2. The molecule has 2 unspecified atom stereocenters. The van der Waals surface area contributed by atoms with E-state index in [0.717, 1.165) is 23.3 Å². The van der Waals surface area contributed by atoms with Gasteiger partial charge in [-0.05, 0) is 54.2 Å². The van der Waals surface area contributed by atoms with Crippen LogP contribution in [0.5, 0.6) is 0 Å². The molecular weight excluding hydrogens is 517 g/mol. The zero-order valence-electron chi connectivity index (χ0n) is 19.3. The molecular formula is C25H24ClF3N2O4S. The standard InChI is InChI=1S/C25H24ClF3N2O4S/c1-35-36(34)30-23(33)18-15-24(22-17(18)6-4-8-20(22)26)11-13-31(14-12-24)21(32)10-9-16-5-2-3-7-19(16)25(27,28)29/h2-10,18,36H,11-15H2,1H3/b10-9+. The normalized spacial score (nSPS) is 20.1. The minimum Gasteiger partial charge on any atom is -0.339 e. The molecule has 2 atom stereocenters. The van der Waals surface area contributed by atoms with Crippen LogP contribution in [0.1, 0.15) is 47.4 Å². The van der Waals surface area contributed by atoms with Gasteiger partial charge in [-0.1, -0.05) is 41.9 Å². The number of carbonyl (C=O) groups excluding carboxylic acids is 2. The maximum absolute atomic E-state index is 13.2. The van der Waals surface area contributed by atoms with Gasteiger partial charge in [0.1, 0.15) is 0 Å². The van der Waals surface area contributed by atoms with E-state index in [0.29, 0.717) is 37.4 Å². The Morgan fingerprint density at radius 3 is 2.53 bits per heavy atom. The van der Waals surface area contributed by atoms with E-state index in [9.17, 15) is 27.0 Å². The van der Waals surface area contributed by atoms with Crippen LogP contribution in [0.4, 0.5) is 13.2 Å². The van der Waals surface area contributed by atoms with E-state index in [2.05, 4.69) is 8.55 Å². The molecule has 0 saturated carbocycles. The molecule has 0 aromatic heterocycles. The highest BCUT2D eigenvalue weighted by atomic mass is 35.5. The third-order valence-corrected chi connectivity index (χ3v) is 7.87. The average molecular weight is 541 g/mol. The lowest BCUT2D eigenvalue weighted by atomic mass is 9.73. The van der Waals surface area contributed by atoms with Crippen LogP contribution in [-0.2, 0) is 36.2 Å². The molecule has 2 amide bonds. The van der Waals surface area contributed by atoms with Crippen LogP contribution in [0, 0.1) is 0 Å². The van der Waals surface area contributed by atoms with Crippen LogP contribution in [0.25, 0.3) is 6.08 Å². The molecule has 1 spiro atoms. The Hall–Kier alpha value is -2.69. The Balaban J connectivity index is 1.52. The first-order chi connectivity index (χ1) is 17.1. The zero-order valence-corrected chi connectivity index (χ0v) is 20.9. The number of thiol groups is 1. The molecule has 4 rings (SSSR count). The van der Waals surface area contributed by atoms with Gasteiger partial charge < -0.3 is 4.90 Å². The quantitative estimate of drug-likeness (QED) is 0.429. The largest absolute Gasteiger partial charge is 0.416 e. The van der Waals surface area contributed by atoms with E-state index >= 15 is 0 Å². The summed E-state index contributed by atoms with van der Waals surface area (Å²) in [6, 6.07) is 10.4. The highest BCUT2D eigenvalue weighted by Crippen LogP contribution is 2.54. The van der Waals surface area contributed by atoms with E-state index in [1.165, 1.54) is 31.4 Å². The number of likely N-dealkylation sites (tertiary alicyclic amines) is 1. The Morgan fingerprint density at radius 1 is 1.17 bits per heavy atom. The van der Waals surface area contributed by atoms with Gasteiger partial charge in [0, 0.05) is 29.6 Å². The zero-order chi connectivity index (χ0) is 26.1. The number of amides is 2. The van der Waals surface area contributed by atoms with Gasteiger partial charge >= 0.3 is 6.18 Å². The van der Waals surface area contributed by atoms with Crippen LogP contribution < -0.4 is 0 Å². The fourth-order valence-electron chi connectivity index (χ4n) is 5.18. The smallest absolute Gasteiger partial charge is 0.339 e. The maximum Gasteiger partial charge on any atom is 0.416 e. The third-order valence-electron chi connectivity index (χ3n) is 6.88. The Morgan fingerprint density at radius 2 is 1.86 bits per heavy atom. The first kappa shape index (κ1) is 26.4. The molecule has 1 aliphatic heterocycles. The summed E-state index contributed by atoms with van der Waals surface area (Å²) in [6.45, 7) is 0.693. The maximum atomic E-state index is 13.2. The molecule has 1 aliphatic carbocycles. The molecule has 0 N–H and O–H groups in total.